The van der Waals surface area contributed by atoms with E-state index in [-0.39, 0.29) is 18.5 Å². The van der Waals surface area contributed by atoms with Crippen molar-refractivity contribution in [3.8, 4) is 6.07 Å². The van der Waals surface area contributed by atoms with Crippen molar-refractivity contribution in [2.75, 3.05) is 36.8 Å². The molecule has 1 aromatic rings. The SMILES string of the molecule is N#Cc1ccc(N)c(N2CCCC3(CCN(C(=O)C(F)(F)F)CC3)C2)c1. The third-order valence-corrected chi connectivity index (χ3v) is 5.52. The van der Waals surface area contributed by atoms with Crippen molar-refractivity contribution < 1.29 is 18.0 Å². The molecule has 0 saturated carbocycles. The van der Waals surface area contributed by atoms with Crippen LogP contribution in [0.3, 0.4) is 0 Å². The van der Waals surface area contributed by atoms with Crippen LogP contribution in [-0.4, -0.2) is 43.2 Å². The number of anilines is 2. The number of nitrogens with two attached hydrogens (primary N) is 1. The highest BCUT2D eigenvalue weighted by Gasteiger charge is 2.46. The van der Waals surface area contributed by atoms with Gasteiger partial charge in [-0.15, -0.1) is 0 Å². The van der Waals surface area contributed by atoms with Crippen molar-refractivity contribution in [3.63, 3.8) is 0 Å². The van der Waals surface area contributed by atoms with Crippen molar-refractivity contribution in [1.82, 2.24) is 4.90 Å². The number of nitriles is 1. The average Bonchev–Trinajstić information content (AvgIpc) is 2.61. The van der Waals surface area contributed by atoms with Crippen LogP contribution in [-0.2, 0) is 4.79 Å². The van der Waals surface area contributed by atoms with Crippen molar-refractivity contribution in [2.45, 2.75) is 31.9 Å². The van der Waals surface area contributed by atoms with E-state index in [2.05, 4.69) is 11.0 Å². The monoisotopic (exact) mass is 366 g/mol. The Kier molecular flexibility index (Phi) is 4.74. The van der Waals surface area contributed by atoms with Gasteiger partial charge in [-0.3, -0.25) is 4.79 Å². The third-order valence-electron chi connectivity index (χ3n) is 5.52. The van der Waals surface area contributed by atoms with Crippen LogP contribution in [0.4, 0.5) is 24.5 Å². The molecule has 2 heterocycles. The Morgan fingerprint density at radius 2 is 1.88 bits per heavy atom. The molecular weight excluding hydrogens is 345 g/mol. The first-order chi connectivity index (χ1) is 12.2. The maximum Gasteiger partial charge on any atom is 0.471 e. The molecule has 0 atom stereocenters. The van der Waals surface area contributed by atoms with Crippen molar-refractivity contribution in [3.05, 3.63) is 23.8 Å². The second kappa shape index (κ2) is 6.71. The van der Waals surface area contributed by atoms with Gasteiger partial charge in [0.1, 0.15) is 0 Å². The molecule has 1 aromatic carbocycles. The standard InChI is InChI=1S/C18H21F3N4O/c19-18(20,21)16(26)24-8-5-17(6-9-24)4-1-7-25(12-17)15-10-13(11-22)2-3-14(15)23/h2-3,10H,1,4-9,12,23H2. The van der Waals surface area contributed by atoms with Crippen LogP contribution in [0.25, 0.3) is 0 Å². The first-order valence-corrected chi connectivity index (χ1v) is 8.65. The minimum absolute atomic E-state index is 0.115. The first kappa shape index (κ1) is 18.4. The molecule has 140 valence electrons. The molecule has 0 aliphatic carbocycles. The van der Waals surface area contributed by atoms with E-state index in [1.54, 1.807) is 18.2 Å². The van der Waals surface area contributed by atoms with E-state index in [1.165, 1.54) is 0 Å². The van der Waals surface area contributed by atoms with E-state index in [0.717, 1.165) is 30.0 Å². The van der Waals surface area contributed by atoms with Gasteiger partial charge in [0.05, 0.1) is 23.0 Å². The number of nitrogens with zero attached hydrogens (tertiary/aromatic N) is 3. The molecule has 3 rings (SSSR count). The number of halogens is 3. The molecule has 2 saturated heterocycles. The van der Waals surface area contributed by atoms with E-state index in [4.69, 9.17) is 11.0 Å². The summed E-state index contributed by atoms with van der Waals surface area (Å²) in [5.41, 5.74) is 7.88. The van der Waals surface area contributed by atoms with E-state index >= 15 is 0 Å². The summed E-state index contributed by atoms with van der Waals surface area (Å²) in [6, 6.07) is 7.24. The van der Waals surface area contributed by atoms with Crippen LogP contribution in [0.15, 0.2) is 18.2 Å². The number of benzene rings is 1. The summed E-state index contributed by atoms with van der Waals surface area (Å²) in [6.07, 6.45) is -1.89. The number of piperidine rings is 2. The molecule has 5 nitrogen and oxygen atoms in total. The lowest BCUT2D eigenvalue weighted by molar-refractivity contribution is -0.187. The molecule has 0 unspecified atom stereocenters. The molecule has 2 fully saturated rings. The lowest BCUT2D eigenvalue weighted by atomic mass is 9.72. The smallest absolute Gasteiger partial charge is 0.397 e. The Morgan fingerprint density at radius 3 is 2.50 bits per heavy atom. The quantitative estimate of drug-likeness (QED) is 0.776. The Morgan fingerprint density at radius 1 is 1.19 bits per heavy atom. The number of nitrogen functional groups attached to an aromatic ring is 1. The highest BCUT2D eigenvalue weighted by Crippen LogP contribution is 2.42. The Balaban J connectivity index is 1.72. The topological polar surface area (TPSA) is 73.4 Å². The van der Waals surface area contributed by atoms with Gasteiger partial charge < -0.3 is 15.5 Å². The second-order valence-electron chi connectivity index (χ2n) is 7.20. The Labute approximate surface area is 150 Å². The first-order valence-electron chi connectivity index (χ1n) is 8.65. The van der Waals surface area contributed by atoms with Gasteiger partial charge in [0.15, 0.2) is 0 Å². The zero-order valence-electron chi connectivity index (χ0n) is 14.4. The summed E-state index contributed by atoms with van der Waals surface area (Å²) in [5.74, 6) is -1.74. The summed E-state index contributed by atoms with van der Waals surface area (Å²) < 4.78 is 37.9. The number of alkyl halides is 3. The van der Waals surface area contributed by atoms with Crippen LogP contribution < -0.4 is 10.6 Å². The van der Waals surface area contributed by atoms with Crippen LogP contribution in [0.5, 0.6) is 0 Å². The number of amides is 1. The van der Waals surface area contributed by atoms with E-state index in [0.29, 0.717) is 30.6 Å². The molecule has 26 heavy (non-hydrogen) atoms. The summed E-state index contributed by atoms with van der Waals surface area (Å²) in [5, 5.41) is 9.10. The summed E-state index contributed by atoms with van der Waals surface area (Å²) in [7, 11) is 0. The molecule has 2 aliphatic rings. The molecule has 2 N–H and O–H groups in total. The van der Waals surface area contributed by atoms with Crippen LogP contribution >= 0.6 is 0 Å². The highest BCUT2D eigenvalue weighted by molar-refractivity contribution is 5.82. The molecule has 1 amide bonds. The lowest BCUT2D eigenvalue weighted by Gasteiger charge is -2.48. The molecule has 0 bridgehead atoms. The fraction of sp³-hybridized carbons (Fsp3) is 0.556. The number of carbonyl (C=O) groups excluding carboxylic acids is 1. The number of likely N-dealkylation sites (tertiary alicyclic amines) is 1. The molecular formula is C18H21F3N4O. The maximum atomic E-state index is 12.6. The van der Waals surface area contributed by atoms with Gasteiger partial charge in [-0.2, -0.15) is 18.4 Å². The van der Waals surface area contributed by atoms with Gasteiger partial charge in [0, 0.05) is 26.2 Å². The van der Waals surface area contributed by atoms with Gasteiger partial charge in [-0.1, -0.05) is 0 Å². The maximum absolute atomic E-state index is 12.6. The zero-order chi connectivity index (χ0) is 18.9. The van der Waals surface area contributed by atoms with Gasteiger partial charge in [-0.25, -0.2) is 0 Å². The summed E-state index contributed by atoms with van der Waals surface area (Å²) in [6.45, 7) is 1.73. The molecule has 2 aliphatic heterocycles. The van der Waals surface area contributed by atoms with Crippen molar-refractivity contribution in [2.24, 2.45) is 5.41 Å². The number of rotatable bonds is 1. The lowest BCUT2D eigenvalue weighted by Crippen LogP contribution is -2.53. The van der Waals surface area contributed by atoms with Gasteiger partial charge >= 0.3 is 12.1 Å². The summed E-state index contributed by atoms with van der Waals surface area (Å²) in [4.78, 5) is 14.5. The zero-order valence-corrected chi connectivity index (χ0v) is 14.4. The molecule has 8 heteroatoms. The van der Waals surface area contributed by atoms with Gasteiger partial charge in [0.25, 0.3) is 0 Å². The van der Waals surface area contributed by atoms with E-state index in [1.807, 2.05) is 0 Å². The number of hydrogen-bond donors (Lipinski definition) is 1. The van der Waals surface area contributed by atoms with Crippen molar-refractivity contribution >= 4 is 17.3 Å². The molecule has 0 aromatic heterocycles. The predicted octanol–water partition coefficient (Wildman–Crippen LogP) is 2.91. The average molecular weight is 366 g/mol. The summed E-state index contributed by atoms with van der Waals surface area (Å²) >= 11 is 0. The highest BCUT2D eigenvalue weighted by atomic mass is 19.4. The van der Waals surface area contributed by atoms with Gasteiger partial charge in [0.2, 0.25) is 0 Å². The fourth-order valence-electron chi connectivity index (χ4n) is 4.07. The van der Waals surface area contributed by atoms with Crippen LogP contribution in [0, 0.1) is 16.7 Å². The van der Waals surface area contributed by atoms with Crippen molar-refractivity contribution in [1.29, 1.82) is 5.26 Å². The minimum Gasteiger partial charge on any atom is -0.397 e. The Hall–Kier alpha value is -2.43. The minimum atomic E-state index is -4.81. The molecule has 0 radical (unpaired) electrons. The second-order valence-corrected chi connectivity index (χ2v) is 7.20. The largest absolute Gasteiger partial charge is 0.471 e. The van der Waals surface area contributed by atoms with E-state index < -0.39 is 12.1 Å². The Bertz CT molecular complexity index is 733. The third kappa shape index (κ3) is 3.57. The predicted molar refractivity (Wildman–Crippen MR) is 91.3 cm³/mol. The number of hydrogen-bond acceptors (Lipinski definition) is 4. The van der Waals surface area contributed by atoms with E-state index in [9.17, 15) is 18.0 Å². The fourth-order valence-corrected chi connectivity index (χ4v) is 4.07. The van der Waals surface area contributed by atoms with Crippen LogP contribution in [0.2, 0.25) is 0 Å². The van der Waals surface area contributed by atoms with Crippen LogP contribution in [0.1, 0.15) is 31.2 Å². The normalized spacial score (nSPS) is 20.1. The van der Waals surface area contributed by atoms with Gasteiger partial charge in [-0.05, 0) is 49.3 Å². The molecule has 1 spiro atoms. The number of carbonyl (C=O) groups is 1.